The van der Waals surface area contributed by atoms with Crippen LogP contribution < -0.4 is 0 Å². The Kier molecular flexibility index (Phi) is 9.41. The molecule has 0 N–H and O–H groups in total. The number of allylic oxidation sites excluding steroid dienone is 1. The molecule has 2 heteroatoms. The number of hydrogen-bond donors (Lipinski definition) is 0. The fraction of sp³-hybridized carbons (Fsp3) is 0.583. The fourth-order valence-electron chi connectivity index (χ4n) is 0.765. The molecule has 82 valence electrons. The number of carbonyl (C=O) groups is 1. The summed E-state index contributed by atoms with van der Waals surface area (Å²) in [6, 6.07) is 0. The van der Waals surface area contributed by atoms with E-state index < -0.39 is 0 Å². The molecule has 1 amide bonds. The van der Waals surface area contributed by atoms with Gasteiger partial charge < -0.3 is 4.90 Å². The molecule has 0 spiro atoms. The van der Waals surface area contributed by atoms with Crippen LogP contribution in [0.4, 0.5) is 0 Å². The molecule has 0 rings (SSSR count). The van der Waals surface area contributed by atoms with Gasteiger partial charge in [0, 0.05) is 18.8 Å². The number of nitrogens with zero attached hydrogens (tertiary/aromatic N) is 1. The predicted molar refractivity (Wildman–Crippen MR) is 62.9 cm³/mol. The van der Waals surface area contributed by atoms with Gasteiger partial charge in [0.2, 0.25) is 0 Å². The molecular formula is C12H23NO. The van der Waals surface area contributed by atoms with E-state index in [1.807, 2.05) is 40.7 Å². The van der Waals surface area contributed by atoms with Crippen molar-refractivity contribution < 1.29 is 4.79 Å². The molecular weight excluding hydrogens is 174 g/mol. The van der Waals surface area contributed by atoms with Gasteiger partial charge in [-0.15, -0.1) is 0 Å². The highest BCUT2D eigenvalue weighted by Gasteiger charge is 2.12. The van der Waals surface area contributed by atoms with Crippen LogP contribution in [0.5, 0.6) is 0 Å². The monoisotopic (exact) mass is 197 g/mol. The van der Waals surface area contributed by atoms with Crippen LogP contribution in [0.2, 0.25) is 0 Å². The topological polar surface area (TPSA) is 20.3 Å². The van der Waals surface area contributed by atoms with Crippen molar-refractivity contribution in [2.75, 3.05) is 7.05 Å². The quantitative estimate of drug-likeness (QED) is 0.636. The Morgan fingerprint density at radius 3 is 2.07 bits per heavy atom. The lowest BCUT2D eigenvalue weighted by Crippen LogP contribution is -2.24. The largest absolute Gasteiger partial charge is 0.319 e. The van der Waals surface area contributed by atoms with Crippen molar-refractivity contribution in [2.24, 2.45) is 5.92 Å². The third-order valence-corrected chi connectivity index (χ3v) is 1.66. The summed E-state index contributed by atoms with van der Waals surface area (Å²) in [6.45, 7) is 13.5. The van der Waals surface area contributed by atoms with Gasteiger partial charge in [0.05, 0.1) is 0 Å². The highest BCUT2D eigenvalue weighted by molar-refractivity contribution is 5.93. The van der Waals surface area contributed by atoms with Gasteiger partial charge in [-0.2, -0.15) is 0 Å². The summed E-state index contributed by atoms with van der Waals surface area (Å²) < 4.78 is 0. The van der Waals surface area contributed by atoms with Crippen LogP contribution in [-0.2, 0) is 4.79 Å². The van der Waals surface area contributed by atoms with Crippen molar-refractivity contribution in [3.05, 3.63) is 24.4 Å². The molecule has 2 nitrogen and oxygen atoms in total. The van der Waals surface area contributed by atoms with Crippen molar-refractivity contribution in [1.82, 2.24) is 4.90 Å². The third kappa shape index (κ3) is 5.57. The summed E-state index contributed by atoms with van der Waals surface area (Å²) >= 11 is 0. The second-order valence-corrected chi connectivity index (χ2v) is 3.08. The number of rotatable bonds is 3. The van der Waals surface area contributed by atoms with E-state index in [9.17, 15) is 4.79 Å². The molecule has 0 saturated heterocycles. The van der Waals surface area contributed by atoms with Gasteiger partial charge in [-0.25, -0.2) is 0 Å². The van der Waals surface area contributed by atoms with Crippen molar-refractivity contribution in [2.45, 2.75) is 34.6 Å². The minimum absolute atomic E-state index is 0.0110. The Hall–Kier alpha value is -1.05. The smallest absolute Gasteiger partial charge is 0.253 e. The second kappa shape index (κ2) is 8.54. The van der Waals surface area contributed by atoms with E-state index in [-0.39, 0.29) is 11.8 Å². The van der Waals surface area contributed by atoms with Crippen LogP contribution >= 0.6 is 0 Å². The first kappa shape index (κ1) is 15.4. The molecule has 14 heavy (non-hydrogen) atoms. The predicted octanol–water partition coefficient (Wildman–Crippen LogP) is 3.22. The van der Waals surface area contributed by atoms with E-state index in [1.54, 1.807) is 18.1 Å². The number of amides is 1. The molecule has 0 aromatic carbocycles. The van der Waals surface area contributed by atoms with E-state index in [0.717, 1.165) is 0 Å². The summed E-state index contributed by atoms with van der Waals surface area (Å²) in [7, 11) is 1.73. The molecule has 0 radical (unpaired) electrons. The zero-order valence-corrected chi connectivity index (χ0v) is 10.3. The van der Waals surface area contributed by atoms with Gasteiger partial charge >= 0.3 is 0 Å². The standard InChI is InChI=1S/C10H17NO.C2H6/c1-6-7-11(5)10(12)9(4)8(2)3;1-2/h6-8H,4H2,1-3,5H3;1-2H3/b7-6-;. The first-order valence-electron chi connectivity index (χ1n) is 5.09. The maximum Gasteiger partial charge on any atom is 0.253 e. The normalized spacial score (nSPS) is 9.64. The maximum absolute atomic E-state index is 11.4. The van der Waals surface area contributed by atoms with Gasteiger partial charge in [-0.05, 0) is 12.8 Å². The lowest BCUT2D eigenvalue weighted by atomic mass is 10.0. The second-order valence-electron chi connectivity index (χ2n) is 3.08. The van der Waals surface area contributed by atoms with Crippen molar-refractivity contribution in [3.8, 4) is 0 Å². The average molecular weight is 197 g/mol. The first-order chi connectivity index (χ1) is 6.50. The van der Waals surface area contributed by atoms with Crippen LogP contribution in [0, 0.1) is 5.92 Å². The number of carbonyl (C=O) groups excluding carboxylic acids is 1. The minimum Gasteiger partial charge on any atom is -0.319 e. The molecule has 0 heterocycles. The summed E-state index contributed by atoms with van der Waals surface area (Å²) in [4.78, 5) is 13.0. The Morgan fingerprint density at radius 1 is 1.36 bits per heavy atom. The summed E-state index contributed by atoms with van der Waals surface area (Å²) in [5.74, 6) is 0.202. The Balaban J connectivity index is 0. The molecule has 0 unspecified atom stereocenters. The van der Waals surface area contributed by atoms with Crippen LogP contribution in [0.3, 0.4) is 0 Å². The minimum atomic E-state index is -0.0110. The van der Waals surface area contributed by atoms with Crippen LogP contribution in [0.25, 0.3) is 0 Å². The molecule has 0 aliphatic rings. The van der Waals surface area contributed by atoms with E-state index in [2.05, 4.69) is 6.58 Å². The lowest BCUT2D eigenvalue weighted by Gasteiger charge is -2.15. The average Bonchev–Trinajstić information content (AvgIpc) is 2.19. The molecule has 0 aliphatic heterocycles. The van der Waals surface area contributed by atoms with E-state index in [0.29, 0.717) is 5.57 Å². The van der Waals surface area contributed by atoms with Crippen LogP contribution in [0.1, 0.15) is 34.6 Å². The molecule has 0 bridgehead atoms. The van der Waals surface area contributed by atoms with E-state index in [1.165, 1.54) is 0 Å². The molecule has 0 atom stereocenters. The van der Waals surface area contributed by atoms with Gasteiger partial charge in [-0.1, -0.05) is 40.3 Å². The summed E-state index contributed by atoms with van der Waals surface area (Å²) in [6.07, 6.45) is 3.56. The summed E-state index contributed by atoms with van der Waals surface area (Å²) in [5.41, 5.74) is 0.649. The molecule has 0 fully saturated rings. The van der Waals surface area contributed by atoms with Gasteiger partial charge in [0.15, 0.2) is 0 Å². The zero-order valence-electron chi connectivity index (χ0n) is 10.3. The Labute approximate surface area is 88.3 Å². The highest BCUT2D eigenvalue weighted by Crippen LogP contribution is 2.09. The van der Waals surface area contributed by atoms with Gasteiger partial charge in [0.25, 0.3) is 5.91 Å². The Bertz CT molecular complexity index is 204. The van der Waals surface area contributed by atoms with E-state index >= 15 is 0 Å². The molecule has 0 aromatic heterocycles. The molecule has 0 aromatic rings. The van der Waals surface area contributed by atoms with Crippen LogP contribution in [0.15, 0.2) is 24.4 Å². The van der Waals surface area contributed by atoms with Crippen LogP contribution in [-0.4, -0.2) is 17.9 Å². The first-order valence-corrected chi connectivity index (χ1v) is 5.09. The maximum atomic E-state index is 11.4. The molecule has 0 aliphatic carbocycles. The van der Waals surface area contributed by atoms with Gasteiger partial charge in [0.1, 0.15) is 0 Å². The molecule has 0 saturated carbocycles. The fourth-order valence-corrected chi connectivity index (χ4v) is 0.765. The zero-order chi connectivity index (χ0) is 11.7. The highest BCUT2D eigenvalue weighted by atomic mass is 16.2. The van der Waals surface area contributed by atoms with Crippen molar-refractivity contribution in [1.29, 1.82) is 0 Å². The number of likely N-dealkylation sites (N-methyl/N-ethyl adjacent to an activating group) is 1. The third-order valence-electron chi connectivity index (χ3n) is 1.66. The van der Waals surface area contributed by atoms with Crippen molar-refractivity contribution in [3.63, 3.8) is 0 Å². The SMILES string of the molecule is C=C(C(=O)N(C)/C=C\C)C(C)C.CC. The van der Waals surface area contributed by atoms with Gasteiger partial charge in [-0.3, -0.25) is 4.79 Å². The lowest BCUT2D eigenvalue weighted by molar-refractivity contribution is -0.124. The van der Waals surface area contributed by atoms with E-state index in [4.69, 9.17) is 0 Å². The number of hydrogen-bond acceptors (Lipinski definition) is 1. The van der Waals surface area contributed by atoms with Crippen molar-refractivity contribution >= 4 is 5.91 Å². The Morgan fingerprint density at radius 2 is 1.79 bits per heavy atom. The summed E-state index contributed by atoms with van der Waals surface area (Å²) in [5, 5.41) is 0.